The molecule has 0 saturated carbocycles. The van der Waals surface area contributed by atoms with Crippen molar-refractivity contribution < 1.29 is 14.6 Å². The maximum absolute atomic E-state index is 11.8. The second-order valence-electron chi connectivity index (χ2n) is 5.73. The zero-order chi connectivity index (χ0) is 15.2. The van der Waals surface area contributed by atoms with E-state index in [9.17, 15) is 9.90 Å². The molecule has 0 radical (unpaired) electrons. The third-order valence-corrected chi connectivity index (χ3v) is 2.92. The predicted molar refractivity (Wildman–Crippen MR) is 80.0 cm³/mol. The highest BCUT2D eigenvalue weighted by Gasteiger charge is 2.25. The lowest BCUT2D eigenvalue weighted by atomic mass is 10.0. The molecule has 4 nitrogen and oxygen atoms in total. The predicted octanol–water partition coefficient (Wildman–Crippen LogP) is 2.72. The van der Waals surface area contributed by atoms with Crippen LogP contribution in [0.4, 0.5) is 4.79 Å². The van der Waals surface area contributed by atoms with Gasteiger partial charge in [0, 0.05) is 12.0 Å². The highest BCUT2D eigenvalue weighted by molar-refractivity contribution is 6.18. The van der Waals surface area contributed by atoms with Crippen molar-refractivity contribution in [3.63, 3.8) is 0 Å². The minimum atomic E-state index is -0.900. The molecule has 0 heterocycles. The quantitative estimate of drug-likeness (QED) is 0.822. The summed E-state index contributed by atoms with van der Waals surface area (Å²) in [5.41, 5.74) is 0.588. The van der Waals surface area contributed by atoms with Gasteiger partial charge in [-0.25, -0.2) is 4.79 Å². The number of amides is 1. The lowest BCUT2D eigenvalue weighted by molar-refractivity contribution is 0.0115. The molecule has 0 aliphatic carbocycles. The molecule has 2 atom stereocenters. The van der Waals surface area contributed by atoms with E-state index in [2.05, 4.69) is 5.32 Å². The molecule has 0 aliphatic heterocycles. The number of nitrogens with one attached hydrogen (secondary N) is 1. The van der Waals surface area contributed by atoms with Crippen LogP contribution in [0, 0.1) is 0 Å². The van der Waals surface area contributed by atoms with E-state index in [0.717, 1.165) is 5.56 Å². The molecule has 112 valence electrons. The first-order valence-corrected chi connectivity index (χ1v) is 7.12. The number of ether oxygens (including phenoxy) is 1. The van der Waals surface area contributed by atoms with Gasteiger partial charge in [0.15, 0.2) is 0 Å². The number of hydrogen-bond acceptors (Lipinski definition) is 3. The summed E-state index contributed by atoms with van der Waals surface area (Å²) in [5, 5.41) is 12.6. The monoisotopic (exact) mass is 299 g/mol. The largest absolute Gasteiger partial charge is 0.443 e. The first-order valence-electron chi connectivity index (χ1n) is 6.58. The first kappa shape index (κ1) is 16.8. The van der Waals surface area contributed by atoms with Crippen LogP contribution in [0.3, 0.4) is 0 Å². The van der Waals surface area contributed by atoms with Crippen LogP contribution >= 0.6 is 11.6 Å². The van der Waals surface area contributed by atoms with Crippen molar-refractivity contribution in [2.24, 2.45) is 0 Å². The fourth-order valence-corrected chi connectivity index (χ4v) is 1.87. The lowest BCUT2D eigenvalue weighted by Gasteiger charge is -2.25. The van der Waals surface area contributed by atoms with Crippen molar-refractivity contribution in [1.82, 2.24) is 5.32 Å². The van der Waals surface area contributed by atoms with Crippen LogP contribution in [-0.2, 0) is 11.2 Å². The van der Waals surface area contributed by atoms with Gasteiger partial charge in [0.2, 0.25) is 0 Å². The number of halogens is 1. The van der Waals surface area contributed by atoms with Gasteiger partial charge < -0.3 is 15.2 Å². The zero-order valence-electron chi connectivity index (χ0n) is 12.1. The Balaban J connectivity index is 2.68. The van der Waals surface area contributed by atoms with E-state index in [0.29, 0.717) is 6.42 Å². The fourth-order valence-electron chi connectivity index (χ4n) is 1.68. The average Bonchev–Trinajstić information content (AvgIpc) is 2.36. The van der Waals surface area contributed by atoms with E-state index in [1.165, 1.54) is 0 Å². The van der Waals surface area contributed by atoms with Crippen molar-refractivity contribution >= 4 is 17.7 Å². The molecule has 0 unspecified atom stereocenters. The van der Waals surface area contributed by atoms with Gasteiger partial charge in [-0.1, -0.05) is 30.3 Å². The molecule has 0 bridgehead atoms. The van der Waals surface area contributed by atoms with Gasteiger partial charge in [0.25, 0.3) is 0 Å². The molecule has 1 amide bonds. The number of carbonyl (C=O) groups is 1. The Morgan fingerprint density at radius 3 is 2.45 bits per heavy atom. The van der Waals surface area contributed by atoms with Crippen LogP contribution in [0.2, 0.25) is 0 Å². The summed E-state index contributed by atoms with van der Waals surface area (Å²) in [6.07, 6.45) is -1.70. The van der Waals surface area contributed by atoms with E-state index in [4.69, 9.17) is 16.3 Å². The van der Waals surface area contributed by atoms with Crippen LogP contribution < -0.4 is 5.32 Å². The first-order chi connectivity index (χ1) is 9.31. The summed E-state index contributed by atoms with van der Waals surface area (Å²) in [6.45, 7) is 5.58. The molecule has 0 saturated heterocycles. The summed E-state index contributed by atoms with van der Waals surface area (Å²) in [5.74, 6) is 0.0142. The zero-order valence-corrected chi connectivity index (χ0v) is 12.9. The Morgan fingerprint density at radius 2 is 1.95 bits per heavy atom. The van der Waals surface area contributed by atoms with Gasteiger partial charge in [0.05, 0.1) is 5.88 Å². The van der Waals surface area contributed by atoms with Crippen LogP contribution in [0.15, 0.2) is 30.3 Å². The van der Waals surface area contributed by atoms with Crippen LogP contribution in [0.1, 0.15) is 26.3 Å². The smallest absolute Gasteiger partial charge is 0.407 e. The van der Waals surface area contributed by atoms with Gasteiger partial charge in [-0.2, -0.15) is 0 Å². The van der Waals surface area contributed by atoms with Crippen molar-refractivity contribution in [3.8, 4) is 0 Å². The molecule has 0 aliphatic rings. The van der Waals surface area contributed by atoms with Gasteiger partial charge in [-0.15, -0.1) is 11.6 Å². The van der Waals surface area contributed by atoms with Crippen LogP contribution in [0.5, 0.6) is 0 Å². The number of rotatable bonds is 5. The van der Waals surface area contributed by atoms with Gasteiger partial charge >= 0.3 is 6.09 Å². The maximum Gasteiger partial charge on any atom is 0.407 e. The standard InChI is InChI=1S/C15H22ClNO3/c1-15(2,3)17-14(19)20-13(12(18)10-16)9-11-7-5-4-6-8-11/h4-8,12-13,18H,9-10H2,1-3H3,(H,17,19)/t12-,13-/m0/s1. The Morgan fingerprint density at radius 1 is 1.35 bits per heavy atom. The Bertz CT molecular complexity index is 417. The second-order valence-corrected chi connectivity index (χ2v) is 6.04. The van der Waals surface area contributed by atoms with Crippen LogP contribution in [-0.4, -0.2) is 34.8 Å². The molecule has 1 aromatic carbocycles. The van der Waals surface area contributed by atoms with E-state index >= 15 is 0 Å². The van der Waals surface area contributed by atoms with Crippen molar-refractivity contribution in [2.45, 2.75) is 44.9 Å². The van der Waals surface area contributed by atoms with Gasteiger partial charge in [-0.3, -0.25) is 0 Å². The molecule has 1 rings (SSSR count). The van der Waals surface area contributed by atoms with Crippen LogP contribution in [0.25, 0.3) is 0 Å². The Hall–Kier alpha value is -1.26. The second kappa shape index (κ2) is 7.50. The molecular weight excluding hydrogens is 278 g/mol. The summed E-state index contributed by atoms with van der Waals surface area (Å²) < 4.78 is 5.30. The van der Waals surface area contributed by atoms with Crippen molar-refractivity contribution in [2.75, 3.05) is 5.88 Å². The molecule has 5 heteroatoms. The van der Waals surface area contributed by atoms with E-state index in [1.807, 2.05) is 51.1 Å². The molecule has 20 heavy (non-hydrogen) atoms. The summed E-state index contributed by atoms with van der Waals surface area (Å²) in [6, 6.07) is 9.53. The van der Waals surface area contributed by atoms with Gasteiger partial charge in [0.1, 0.15) is 12.2 Å². The maximum atomic E-state index is 11.8. The molecule has 2 N–H and O–H groups in total. The minimum absolute atomic E-state index is 0.0142. The Kier molecular flexibility index (Phi) is 6.30. The number of hydrogen-bond donors (Lipinski definition) is 2. The SMILES string of the molecule is CC(C)(C)NC(=O)O[C@@H](Cc1ccccc1)[C@@H](O)CCl. The molecule has 0 aromatic heterocycles. The van der Waals surface area contributed by atoms with E-state index < -0.39 is 18.3 Å². The minimum Gasteiger partial charge on any atom is -0.443 e. The Labute approximate surface area is 125 Å². The molecule has 0 spiro atoms. The number of aliphatic hydroxyl groups is 1. The number of aliphatic hydroxyl groups excluding tert-OH is 1. The summed E-state index contributed by atoms with van der Waals surface area (Å²) in [7, 11) is 0. The number of alkyl carbamates (subject to hydrolysis) is 1. The summed E-state index contributed by atoms with van der Waals surface area (Å²) in [4.78, 5) is 11.8. The number of carbonyl (C=O) groups excluding carboxylic acids is 1. The molecule has 1 aromatic rings. The topological polar surface area (TPSA) is 58.6 Å². The van der Waals surface area contributed by atoms with E-state index in [-0.39, 0.29) is 11.4 Å². The highest BCUT2D eigenvalue weighted by Crippen LogP contribution is 2.12. The molecular formula is C15H22ClNO3. The summed E-state index contributed by atoms with van der Waals surface area (Å²) >= 11 is 5.67. The third-order valence-electron chi connectivity index (χ3n) is 2.60. The van der Waals surface area contributed by atoms with Crippen molar-refractivity contribution in [3.05, 3.63) is 35.9 Å². The normalized spacial score (nSPS) is 14.4. The highest BCUT2D eigenvalue weighted by atomic mass is 35.5. The van der Waals surface area contributed by atoms with E-state index in [1.54, 1.807) is 0 Å². The molecule has 0 fully saturated rings. The fraction of sp³-hybridized carbons (Fsp3) is 0.533. The average molecular weight is 300 g/mol. The van der Waals surface area contributed by atoms with Gasteiger partial charge in [-0.05, 0) is 26.3 Å². The third kappa shape index (κ3) is 6.26. The number of alkyl halides is 1. The van der Waals surface area contributed by atoms with Crippen molar-refractivity contribution in [1.29, 1.82) is 0 Å². The lowest BCUT2D eigenvalue weighted by Crippen LogP contribution is -2.45. The number of benzene rings is 1.